The first kappa shape index (κ1) is 18.7. The van der Waals surface area contributed by atoms with E-state index in [2.05, 4.69) is 27.5 Å². The molecule has 0 unspecified atom stereocenters. The van der Waals surface area contributed by atoms with Crippen LogP contribution in [0.25, 0.3) is 0 Å². The fraction of sp³-hybridized carbons (Fsp3) is 0.421. The van der Waals surface area contributed by atoms with E-state index in [1.807, 2.05) is 25.1 Å². The van der Waals surface area contributed by atoms with E-state index in [1.165, 1.54) is 12.8 Å². The quantitative estimate of drug-likeness (QED) is 0.522. The van der Waals surface area contributed by atoms with Crippen LogP contribution in [0.3, 0.4) is 0 Å². The molecule has 2 N–H and O–H groups in total. The molecule has 0 saturated carbocycles. The topological polar surface area (TPSA) is 76.1 Å². The highest BCUT2D eigenvalue weighted by molar-refractivity contribution is 5.96. The minimum atomic E-state index is -0.365. The molecule has 1 heterocycles. The maximum atomic E-state index is 12.1. The molecule has 0 bridgehead atoms. The van der Waals surface area contributed by atoms with Gasteiger partial charge in [-0.2, -0.15) is 4.98 Å². The number of ether oxygens (including phenoxy) is 1. The number of unbranched alkanes of at least 4 members (excludes halogenated alkanes) is 2. The molecule has 0 aliphatic heterocycles. The van der Waals surface area contributed by atoms with E-state index in [4.69, 9.17) is 4.74 Å². The zero-order valence-electron chi connectivity index (χ0n) is 15.1. The van der Waals surface area contributed by atoms with Crippen molar-refractivity contribution in [2.24, 2.45) is 0 Å². The van der Waals surface area contributed by atoms with E-state index < -0.39 is 0 Å². The van der Waals surface area contributed by atoms with Gasteiger partial charge < -0.3 is 15.4 Å². The Bertz CT molecular complexity index is 704. The molecule has 0 aliphatic carbocycles. The van der Waals surface area contributed by atoms with Crippen molar-refractivity contribution in [3.8, 4) is 0 Å². The lowest BCUT2D eigenvalue weighted by Crippen LogP contribution is -2.10. The molecule has 6 nitrogen and oxygen atoms in total. The summed E-state index contributed by atoms with van der Waals surface area (Å²) < 4.78 is 5.10. The van der Waals surface area contributed by atoms with Gasteiger partial charge in [-0.05, 0) is 32.4 Å². The SMILES string of the molecule is CCCCCNc1cc(C)nc(Nc2ccccc2C(=O)OCC)n1. The van der Waals surface area contributed by atoms with Crippen LogP contribution in [0.15, 0.2) is 30.3 Å². The fourth-order valence-electron chi connectivity index (χ4n) is 2.41. The van der Waals surface area contributed by atoms with Crippen molar-refractivity contribution in [2.75, 3.05) is 23.8 Å². The van der Waals surface area contributed by atoms with E-state index in [9.17, 15) is 4.79 Å². The predicted molar refractivity (Wildman–Crippen MR) is 100 cm³/mol. The van der Waals surface area contributed by atoms with Gasteiger partial charge >= 0.3 is 5.97 Å². The number of carbonyl (C=O) groups is 1. The van der Waals surface area contributed by atoms with Crippen LogP contribution in [-0.2, 0) is 4.74 Å². The van der Waals surface area contributed by atoms with Crippen LogP contribution in [0, 0.1) is 6.92 Å². The predicted octanol–water partition coefficient (Wildman–Crippen LogP) is 4.31. The molecule has 0 atom stereocenters. The lowest BCUT2D eigenvalue weighted by atomic mass is 10.2. The summed E-state index contributed by atoms with van der Waals surface area (Å²) in [5.74, 6) is 0.866. The molecule has 0 spiro atoms. The number of carbonyl (C=O) groups excluding carboxylic acids is 1. The average molecular weight is 342 g/mol. The summed E-state index contributed by atoms with van der Waals surface area (Å²) in [5, 5.41) is 6.45. The number of anilines is 3. The second kappa shape index (κ2) is 9.61. The Balaban J connectivity index is 2.15. The summed E-state index contributed by atoms with van der Waals surface area (Å²) in [4.78, 5) is 21.0. The van der Waals surface area contributed by atoms with Gasteiger partial charge in [-0.15, -0.1) is 0 Å². The second-order valence-electron chi connectivity index (χ2n) is 5.74. The lowest BCUT2D eigenvalue weighted by Gasteiger charge is -2.12. The molecule has 134 valence electrons. The normalized spacial score (nSPS) is 10.4. The molecule has 0 amide bonds. The molecule has 2 rings (SSSR count). The lowest BCUT2D eigenvalue weighted by molar-refractivity contribution is 0.0527. The van der Waals surface area contributed by atoms with Gasteiger partial charge in [-0.3, -0.25) is 0 Å². The number of aromatic nitrogens is 2. The highest BCUT2D eigenvalue weighted by atomic mass is 16.5. The van der Waals surface area contributed by atoms with Crippen LogP contribution in [0.5, 0.6) is 0 Å². The Morgan fingerprint density at radius 3 is 2.72 bits per heavy atom. The third-order valence-electron chi connectivity index (χ3n) is 3.61. The number of benzene rings is 1. The zero-order valence-corrected chi connectivity index (χ0v) is 15.1. The van der Waals surface area contributed by atoms with Crippen molar-refractivity contribution >= 4 is 23.4 Å². The van der Waals surface area contributed by atoms with Crippen LogP contribution in [-0.4, -0.2) is 29.1 Å². The molecule has 1 aromatic carbocycles. The molecular formula is C19H26N4O2. The average Bonchev–Trinajstić information content (AvgIpc) is 2.59. The molecule has 0 aliphatic rings. The minimum Gasteiger partial charge on any atom is -0.462 e. The molecule has 6 heteroatoms. The molecule has 0 fully saturated rings. The summed E-state index contributed by atoms with van der Waals surface area (Å²) in [6.07, 6.45) is 3.48. The van der Waals surface area contributed by atoms with E-state index in [-0.39, 0.29) is 5.97 Å². The van der Waals surface area contributed by atoms with Crippen molar-refractivity contribution in [2.45, 2.75) is 40.0 Å². The number of nitrogens with zero attached hydrogens (tertiary/aromatic N) is 2. The van der Waals surface area contributed by atoms with Crippen LogP contribution >= 0.6 is 0 Å². The highest BCUT2D eigenvalue weighted by Gasteiger charge is 2.13. The summed E-state index contributed by atoms with van der Waals surface area (Å²) in [6, 6.07) is 9.10. The summed E-state index contributed by atoms with van der Waals surface area (Å²) in [7, 11) is 0. The van der Waals surface area contributed by atoms with Gasteiger partial charge in [0.15, 0.2) is 0 Å². The second-order valence-corrected chi connectivity index (χ2v) is 5.74. The molecular weight excluding hydrogens is 316 g/mol. The molecule has 25 heavy (non-hydrogen) atoms. The van der Waals surface area contributed by atoms with Gasteiger partial charge in [0.2, 0.25) is 5.95 Å². The summed E-state index contributed by atoms with van der Waals surface area (Å²) in [6.45, 7) is 7.09. The first-order valence-electron chi connectivity index (χ1n) is 8.76. The number of para-hydroxylation sites is 1. The number of hydrogen-bond acceptors (Lipinski definition) is 6. The number of hydrogen-bond donors (Lipinski definition) is 2. The smallest absolute Gasteiger partial charge is 0.340 e. The maximum absolute atomic E-state index is 12.1. The zero-order chi connectivity index (χ0) is 18.1. The van der Waals surface area contributed by atoms with E-state index in [0.717, 1.165) is 24.5 Å². The number of aryl methyl sites for hydroxylation is 1. The number of rotatable bonds is 9. The van der Waals surface area contributed by atoms with Gasteiger partial charge in [0.1, 0.15) is 5.82 Å². The van der Waals surface area contributed by atoms with Gasteiger partial charge in [0.05, 0.1) is 17.9 Å². The largest absolute Gasteiger partial charge is 0.462 e. The summed E-state index contributed by atoms with van der Waals surface area (Å²) in [5.41, 5.74) is 1.94. The maximum Gasteiger partial charge on any atom is 0.340 e. The minimum absolute atomic E-state index is 0.333. The Hall–Kier alpha value is -2.63. The fourth-order valence-corrected chi connectivity index (χ4v) is 2.41. The highest BCUT2D eigenvalue weighted by Crippen LogP contribution is 2.21. The van der Waals surface area contributed by atoms with Gasteiger partial charge in [0, 0.05) is 18.3 Å². The third-order valence-corrected chi connectivity index (χ3v) is 3.61. The van der Waals surface area contributed by atoms with Crippen LogP contribution < -0.4 is 10.6 Å². The molecule has 0 radical (unpaired) electrons. The van der Waals surface area contributed by atoms with Gasteiger partial charge in [0.25, 0.3) is 0 Å². The van der Waals surface area contributed by atoms with E-state index >= 15 is 0 Å². The summed E-state index contributed by atoms with van der Waals surface area (Å²) >= 11 is 0. The van der Waals surface area contributed by atoms with Crippen molar-refractivity contribution in [1.29, 1.82) is 0 Å². The number of esters is 1. The molecule has 2 aromatic rings. The van der Waals surface area contributed by atoms with E-state index in [0.29, 0.717) is 23.8 Å². The molecule has 1 aromatic heterocycles. The Labute approximate surface area is 149 Å². The van der Waals surface area contributed by atoms with Crippen LogP contribution in [0.4, 0.5) is 17.5 Å². The Morgan fingerprint density at radius 1 is 1.16 bits per heavy atom. The Morgan fingerprint density at radius 2 is 1.96 bits per heavy atom. The van der Waals surface area contributed by atoms with Crippen LogP contribution in [0.1, 0.15) is 49.2 Å². The van der Waals surface area contributed by atoms with Gasteiger partial charge in [-0.25, -0.2) is 9.78 Å². The van der Waals surface area contributed by atoms with Crippen molar-refractivity contribution in [1.82, 2.24) is 9.97 Å². The first-order chi connectivity index (χ1) is 12.1. The Kier molecular flexibility index (Phi) is 7.19. The van der Waals surface area contributed by atoms with Crippen molar-refractivity contribution < 1.29 is 9.53 Å². The van der Waals surface area contributed by atoms with Crippen molar-refractivity contribution in [3.05, 3.63) is 41.6 Å². The van der Waals surface area contributed by atoms with Crippen LogP contribution in [0.2, 0.25) is 0 Å². The molecule has 0 saturated heterocycles. The van der Waals surface area contributed by atoms with Gasteiger partial charge in [-0.1, -0.05) is 31.9 Å². The van der Waals surface area contributed by atoms with E-state index in [1.54, 1.807) is 19.1 Å². The number of nitrogens with one attached hydrogen (secondary N) is 2. The third kappa shape index (κ3) is 5.74. The van der Waals surface area contributed by atoms with Crippen molar-refractivity contribution in [3.63, 3.8) is 0 Å². The standard InChI is InChI=1S/C19H26N4O2/c1-4-6-9-12-20-17-13-14(3)21-19(23-17)22-16-11-8-7-10-15(16)18(24)25-5-2/h7-8,10-11,13H,4-6,9,12H2,1-3H3,(H2,20,21,22,23). The monoisotopic (exact) mass is 342 g/mol. The first-order valence-corrected chi connectivity index (χ1v) is 8.76.